The zero-order valence-electron chi connectivity index (χ0n) is 12.0. The van der Waals surface area contributed by atoms with Crippen molar-refractivity contribution in [3.05, 3.63) is 28.3 Å². The first-order chi connectivity index (χ1) is 9.47. The number of nitro groups is 1. The highest BCUT2D eigenvalue weighted by atomic mass is 16.6. The summed E-state index contributed by atoms with van der Waals surface area (Å²) in [4.78, 5) is 10.6. The van der Waals surface area contributed by atoms with E-state index in [-0.39, 0.29) is 17.5 Å². The lowest BCUT2D eigenvalue weighted by Crippen LogP contribution is -2.28. The Hall–Kier alpha value is -1.78. The number of hydrogen-bond donors (Lipinski definition) is 2. The van der Waals surface area contributed by atoms with Crippen LogP contribution in [-0.2, 0) is 0 Å². The first kappa shape index (κ1) is 14.6. The molecule has 0 spiro atoms. The monoisotopic (exact) mass is 278 g/mol. The minimum Gasteiger partial charge on any atom is -0.508 e. The van der Waals surface area contributed by atoms with E-state index < -0.39 is 4.92 Å². The van der Waals surface area contributed by atoms with Crippen LogP contribution in [0, 0.1) is 22.0 Å². The van der Waals surface area contributed by atoms with Gasteiger partial charge in [-0.2, -0.15) is 0 Å². The molecule has 5 heteroatoms. The summed E-state index contributed by atoms with van der Waals surface area (Å²) in [6.07, 6.45) is 4.42. The maximum Gasteiger partial charge on any atom is 0.296 e. The molecular formula is C15H22N2O3. The summed E-state index contributed by atoms with van der Waals surface area (Å²) in [7, 11) is 0. The minimum atomic E-state index is -0.457. The molecule has 2 rings (SSSR count). The molecule has 2 N–H and O–H groups in total. The topological polar surface area (TPSA) is 75.4 Å². The molecule has 0 atom stereocenters. The lowest BCUT2D eigenvalue weighted by Gasteiger charge is -2.31. The van der Waals surface area contributed by atoms with Crippen LogP contribution in [0.3, 0.4) is 0 Å². The van der Waals surface area contributed by atoms with E-state index in [9.17, 15) is 15.2 Å². The van der Waals surface area contributed by atoms with Gasteiger partial charge in [-0.05, 0) is 49.7 Å². The Morgan fingerprint density at radius 1 is 1.30 bits per heavy atom. The van der Waals surface area contributed by atoms with Gasteiger partial charge in [0.25, 0.3) is 5.69 Å². The molecule has 0 bridgehead atoms. The average Bonchev–Trinajstić information content (AvgIpc) is 2.41. The summed E-state index contributed by atoms with van der Waals surface area (Å²) in [6, 6.07) is 4.55. The number of aromatic hydroxyl groups is 1. The van der Waals surface area contributed by atoms with Gasteiger partial charge in [0.2, 0.25) is 0 Å². The van der Waals surface area contributed by atoms with Crippen molar-refractivity contribution in [1.29, 1.82) is 0 Å². The standard InChI is InChI=1S/C15H22N2O3/c1-10(2)11-3-5-12(6-4-11)16-14-8-7-13(18)9-15(14)17(19)20/h7-12,16,18H,3-6H2,1-2H3. The lowest BCUT2D eigenvalue weighted by atomic mass is 9.79. The van der Waals surface area contributed by atoms with Gasteiger partial charge in [0, 0.05) is 6.04 Å². The largest absolute Gasteiger partial charge is 0.508 e. The second-order valence-electron chi connectivity index (χ2n) is 5.96. The fraction of sp³-hybridized carbons (Fsp3) is 0.600. The van der Waals surface area contributed by atoms with Crippen molar-refractivity contribution in [3.8, 4) is 5.75 Å². The van der Waals surface area contributed by atoms with Crippen LogP contribution >= 0.6 is 0 Å². The molecule has 20 heavy (non-hydrogen) atoms. The van der Waals surface area contributed by atoms with E-state index in [1.807, 2.05) is 0 Å². The Balaban J connectivity index is 2.03. The summed E-state index contributed by atoms with van der Waals surface area (Å²) >= 11 is 0. The van der Waals surface area contributed by atoms with Crippen LogP contribution in [0.4, 0.5) is 11.4 Å². The Morgan fingerprint density at radius 2 is 1.95 bits per heavy atom. The van der Waals surface area contributed by atoms with E-state index in [1.54, 1.807) is 6.07 Å². The number of nitro benzene ring substituents is 1. The van der Waals surface area contributed by atoms with E-state index in [2.05, 4.69) is 19.2 Å². The zero-order chi connectivity index (χ0) is 14.7. The van der Waals surface area contributed by atoms with Crippen molar-refractivity contribution >= 4 is 11.4 Å². The van der Waals surface area contributed by atoms with Crippen molar-refractivity contribution in [2.24, 2.45) is 11.8 Å². The zero-order valence-corrected chi connectivity index (χ0v) is 12.0. The summed E-state index contributed by atoms with van der Waals surface area (Å²) in [5.74, 6) is 1.40. The van der Waals surface area contributed by atoms with Crippen molar-refractivity contribution in [2.45, 2.75) is 45.6 Å². The molecule has 0 aliphatic heterocycles. The van der Waals surface area contributed by atoms with E-state index in [1.165, 1.54) is 25.0 Å². The van der Waals surface area contributed by atoms with Crippen LogP contribution in [0.5, 0.6) is 5.75 Å². The van der Waals surface area contributed by atoms with Gasteiger partial charge >= 0.3 is 0 Å². The summed E-state index contributed by atoms with van der Waals surface area (Å²) in [5, 5.41) is 23.6. The van der Waals surface area contributed by atoms with E-state index in [0.717, 1.165) is 18.8 Å². The maximum absolute atomic E-state index is 11.0. The van der Waals surface area contributed by atoms with Gasteiger partial charge in [-0.25, -0.2) is 0 Å². The summed E-state index contributed by atoms with van der Waals surface area (Å²) in [5.41, 5.74) is 0.441. The fourth-order valence-electron chi connectivity index (χ4n) is 2.94. The average molecular weight is 278 g/mol. The Labute approximate surface area is 119 Å². The van der Waals surface area contributed by atoms with Gasteiger partial charge in [0.05, 0.1) is 11.0 Å². The highest BCUT2D eigenvalue weighted by Gasteiger charge is 2.25. The normalized spacial score (nSPS) is 22.8. The Bertz CT molecular complexity index is 480. The molecule has 1 aliphatic rings. The molecule has 0 radical (unpaired) electrons. The Kier molecular flexibility index (Phi) is 4.47. The van der Waals surface area contributed by atoms with Crippen LogP contribution in [-0.4, -0.2) is 16.1 Å². The van der Waals surface area contributed by atoms with E-state index in [0.29, 0.717) is 11.6 Å². The van der Waals surface area contributed by atoms with Gasteiger partial charge in [-0.15, -0.1) is 0 Å². The molecule has 110 valence electrons. The maximum atomic E-state index is 11.0. The first-order valence-corrected chi connectivity index (χ1v) is 7.21. The van der Waals surface area contributed by atoms with E-state index >= 15 is 0 Å². The molecule has 5 nitrogen and oxygen atoms in total. The third-order valence-electron chi connectivity index (χ3n) is 4.25. The number of rotatable bonds is 4. The molecule has 1 saturated carbocycles. The number of phenols is 1. The minimum absolute atomic E-state index is 0.0593. The summed E-state index contributed by atoms with van der Waals surface area (Å²) in [6.45, 7) is 4.51. The van der Waals surface area contributed by atoms with E-state index in [4.69, 9.17) is 0 Å². The van der Waals surface area contributed by atoms with Gasteiger partial charge in [-0.3, -0.25) is 10.1 Å². The van der Waals surface area contributed by atoms with Gasteiger partial charge in [0.15, 0.2) is 0 Å². The number of nitrogens with one attached hydrogen (secondary N) is 1. The molecule has 0 heterocycles. The van der Waals surface area contributed by atoms with Gasteiger partial charge in [-0.1, -0.05) is 13.8 Å². The van der Waals surface area contributed by atoms with Crippen LogP contribution in [0.25, 0.3) is 0 Å². The third kappa shape index (κ3) is 3.40. The SMILES string of the molecule is CC(C)C1CCC(Nc2ccc(O)cc2[N+](=O)[O-])CC1. The molecule has 1 aromatic carbocycles. The third-order valence-corrected chi connectivity index (χ3v) is 4.25. The lowest BCUT2D eigenvalue weighted by molar-refractivity contribution is -0.384. The molecular weight excluding hydrogens is 256 g/mol. The molecule has 0 aromatic heterocycles. The predicted octanol–water partition coefficient (Wildman–Crippen LogP) is 3.93. The highest BCUT2D eigenvalue weighted by Crippen LogP contribution is 2.34. The number of anilines is 1. The molecule has 1 aromatic rings. The van der Waals surface area contributed by atoms with Crippen molar-refractivity contribution in [2.75, 3.05) is 5.32 Å². The van der Waals surface area contributed by atoms with Crippen molar-refractivity contribution < 1.29 is 10.0 Å². The molecule has 1 fully saturated rings. The fourth-order valence-corrected chi connectivity index (χ4v) is 2.94. The van der Waals surface area contributed by atoms with Crippen LogP contribution in [0.1, 0.15) is 39.5 Å². The van der Waals surface area contributed by atoms with Crippen LogP contribution in [0.2, 0.25) is 0 Å². The van der Waals surface area contributed by atoms with Gasteiger partial charge < -0.3 is 10.4 Å². The number of benzene rings is 1. The second kappa shape index (κ2) is 6.11. The van der Waals surface area contributed by atoms with Crippen molar-refractivity contribution in [1.82, 2.24) is 0 Å². The number of nitrogens with zero attached hydrogens (tertiary/aromatic N) is 1. The molecule has 1 aliphatic carbocycles. The number of phenolic OH excluding ortho intramolecular Hbond substituents is 1. The predicted molar refractivity (Wildman–Crippen MR) is 79.0 cm³/mol. The first-order valence-electron chi connectivity index (χ1n) is 7.21. The molecule has 0 amide bonds. The van der Waals surface area contributed by atoms with Crippen LogP contribution in [0.15, 0.2) is 18.2 Å². The van der Waals surface area contributed by atoms with Gasteiger partial charge in [0.1, 0.15) is 11.4 Å². The Morgan fingerprint density at radius 3 is 2.50 bits per heavy atom. The van der Waals surface area contributed by atoms with Crippen LogP contribution < -0.4 is 5.32 Å². The number of hydrogen-bond acceptors (Lipinski definition) is 4. The molecule has 0 saturated heterocycles. The second-order valence-corrected chi connectivity index (χ2v) is 5.96. The summed E-state index contributed by atoms with van der Waals surface area (Å²) < 4.78 is 0. The molecule has 0 unspecified atom stereocenters. The van der Waals surface area contributed by atoms with Crippen molar-refractivity contribution in [3.63, 3.8) is 0 Å². The smallest absolute Gasteiger partial charge is 0.296 e. The quantitative estimate of drug-likeness (QED) is 0.497. The highest BCUT2D eigenvalue weighted by molar-refractivity contribution is 5.64.